The molecule has 0 saturated carbocycles. The smallest absolute Gasteiger partial charge is 0.144 e. The van der Waals surface area contributed by atoms with Crippen molar-refractivity contribution in [3.63, 3.8) is 0 Å². The third-order valence-electron chi connectivity index (χ3n) is 2.34. The van der Waals surface area contributed by atoms with E-state index in [1.165, 1.54) is 5.56 Å². The van der Waals surface area contributed by atoms with Crippen LogP contribution in [0.3, 0.4) is 0 Å². The third-order valence-corrected chi connectivity index (χ3v) is 3.72. The molecule has 94 valence electrons. The number of unbranched alkanes of at least 4 members (excludes halogenated alkanes) is 1. The van der Waals surface area contributed by atoms with Gasteiger partial charge in [-0.25, -0.2) is 0 Å². The Bertz CT molecular complexity index is 343. The minimum Gasteiger partial charge on any atom is -0.591 e. The first-order valence-corrected chi connectivity index (χ1v) is 7.09. The quantitative estimate of drug-likeness (QED) is 0.448. The molecule has 1 atom stereocenters. The Morgan fingerprint density at radius 3 is 2.47 bits per heavy atom. The molecule has 0 N–H and O–H groups in total. The summed E-state index contributed by atoms with van der Waals surface area (Å²) in [4.78, 5) is 0. The van der Waals surface area contributed by atoms with Crippen LogP contribution in [-0.4, -0.2) is 15.5 Å². The van der Waals surface area contributed by atoms with E-state index in [2.05, 4.69) is 28.7 Å². The maximum atomic E-state index is 11.6. The Morgan fingerprint density at radius 2 is 1.88 bits per heavy atom. The summed E-state index contributed by atoms with van der Waals surface area (Å²) < 4.78 is 15.4. The zero-order valence-corrected chi connectivity index (χ0v) is 11.7. The van der Waals surface area contributed by atoms with Crippen molar-refractivity contribution in [1.29, 1.82) is 0 Å². The molecule has 0 aliphatic heterocycles. The molecule has 0 saturated heterocycles. The molecular formula is C14H21NOS. The van der Waals surface area contributed by atoms with Gasteiger partial charge in [-0.15, -0.1) is 0 Å². The van der Waals surface area contributed by atoms with E-state index in [4.69, 9.17) is 0 Å². The van der Waals surface area contributed by atoms with Crippen molar-refractivity contribution in [2.75, 3.05) is 0 Å². The lowest BCUT2D eigenvalue weighted by atomic mass is 10.1. The van der Waals surface area contributed by atoms with E-state index in [1.54, 1.807) is 6.21 Å². The summed E-state index contributed by atoms with van der Waals surface area (Å²) in [5.41, 5.74) is 1.35. The first-order chi connectivity index (χ1) is 8.00. The SMILES string of the molecule is CC(C)(C)[S+]([O-])/N=C/CCCc1ccccc1. The summed E-state index contributed by atoms with van der Waals surface area (Å²) >= 11 is -1.12. The van der Waals surface area contributed by atoms with E-state index in [-0.39, 0.29) is 4.75 Å². The highest BCUT2D eigenvalue weighted by molar-refractivity contribution is 7.91. The van der Waals surface area contributed by atoms with Gasteiger partial charge in [0.25, 0.3) is 0 Å². The van der Waals surface area contributed by atoms with Gasteiger partial charge >= 0.3 is 0 Å². The summed E-state index contributed by atoms with van der Waals surface area (Å²) in [5.74, 6) is 0. The molecule has 0 aromatic heterocycles. The second-order valence-electron chi connectivity index (χ2n) is 5.03. The molecule has 1 rings (SSSR count). The first kappa shape index (κ1) is 14.3. The Balaban J connectivity index is 2.23. The number of aryl methyl sites for hydroxylation is 1. The topological polar surface area (TPSA) is 35.4 Å². The van der Waals surface area contributed by atoms with Crippen LogP contribution in [0.1, 0.15) is 39.2 Å². The van der Waals surface area contributed by atoms with Crippen molar-refractivity contribution in [2.45, 2.75) is 44.8 Å². The van der Waals surface area contributed by atoms with Gasteiger partial charge in [0.2, 0.25) is 0 Å². The van der Waals surface area contributed by atoms with Crippen molar-refractivity contribution >= 4 is 17.6 Å². The largest absolute Gasteiger partial charge is 0.591 e. The van der Waals surface area contributed by atoms with Crippen LogP contribution < -0.4 is 0 Å². The van der Waals surface area contributed by atoms with E-state index in [1.807, 2.05) is 26.8 Å². The van der Waals surface area contributed by atoms with Gasteiger partial charge in [0, 0.05) is 0 Å². The average molecular weight is 251 g/mol. The molecular weight excluding hydrogens is 230 g/mol. The average Bonchev–Trinajstić information content (AvgIpc) is 2.28. The van der Waals surface area contributed by atoms with Gasteiger partial charge in [0.15, 0.2) is 0 Å². The van der Waals surface area contributed by atoms with Gasteiger partial charge in [0.1, 0.15) is 16.1 Å². The molecule has 0 heterocycles. The van der Waals surface area contributed by atoms with Gasteiger partial charge in [-0.1, -0.05) is 34.7 Å². The highest BCUT2D eigenvalue weighted by Crippen LogP contribution is 2.16. The Morgan fingerprint density at radius 1 is 1.24 bits per heavy atom. The van der Waals surface area contributed by atoms with Gasteiger partial charge in [-0.05, 0) is 45.6 Å². The zero-order valence-electron chi connectivity index (χ0n) is 10.8. The van der Waals surface area contributed by atoms with Crippen molar-refractivity contribution < 1.29 is 4.55 Å². The van der Waals surface area contributed by atoms with Crippen LogP contribution in [0.4, 0.5) is 0 Å². The molecule has 17 heavy (non-hydrogen) atoms. The fourth-order valence-electron chi connectivity index (χ4n) is 1.32. The molecule has 0 radical (unpaired) electrons. The number of rotatable bonds is 5. The molecule has 1 unspecified atom stereocenters. The van der Waals surface area contributed by atoms with Crippen molar-refractivity contribution in [3.8, 4) is 0 Å². The summed E-state index contributed by atoms with van der Waals surface area (Å²) in [6.07, 6.45) is 4.78. The molecule has 0 spiro atoms. The highest BCUT2D eigenvalue weighted by Gasteiger charge is 2.25. The van der Waals surface area contributed by atoms with Crippen LogP contribution >= 0.6 is 0 Å². The van der Waals surface area contributed by atoms with Crippen LogP contribution in [0.15, 0.2) is 34.7 Å². The second kappa shape index (κ2) is 6.82. The number of nitrogens with zero attached hydrogens (tertiary/aromatic N) is 1. The summed E-state index contributed by atoms with van der Waals surface area (Å²) in [7, 11) is 0. The van der Waals surface area contributed by atoms with Crippen molar-refractivity contribution in [1.82, 2.24) is 0 Å². The summed E-state index contributed by atoms with van der Waals surface area (Å²) in [6.45, 7) is 5.80. The van der Waals surface area contributed by atoms with Crippen molar-refractivity contribution in [3.05, 3.63) is 35.9 Å². The third kappa shape index (κ3) is 5.89. The molecule has 3 heteroatoms. The summed E-state index contributed by atoms with van der Waals surface area (Å²) in [5, 5.41) is 0. The molecule has 2 nitrogen and oxygen atoms in total. The maximum absolute atomic E-state index is 11.6. The normalized spacial score (nSPS) is 14.1. The Hall–Kier alpha value is -0.800. The maximum Gasteiger partial charge on any atom is 0.144 e. The number of benzene rings is 1. The van der Waals surface area contributed by atoms with E-state index in [9.17, 15) is 4.55 Å². The summed E-state index contributed by atoms with van der Waals surface area (Å²) in [6, 6.07) is 10.4. The fraction of sp³-hybridized carbons (Fsp3) is 0.500. The lowest BCUT2D eigenvalue weighted by Crippen LogP contribution is -2.25. The lowest BCUT2D eigenvalue weighted by Gasteiger charge is -2.17. The molecule has 0 aliphatic rings. The number of hydrogen-bond donors (Lipinski definition) is 0. The van der Waals surface area contributed by atoms with Crippen LogP contribution in [-0.2, 0) is 17.8 Å². The van der Waals surface area contributed by atoms with E-state index in [0.717, 1.165) is 19.3 Å². The standard InChI is InChI=1S/C14H21NOS/c1-14(2,3)17(16)15-12-8-7-11-13-9-5-4-6-10-13/h4-6,9-10,12H,7-8,11H2,1-3H3/b15-12+. The van der Waals surface area contributed by atoms with Crippen molar-refractivity contribution in [2.24, 2.45) is 4.40 Å². The monoisotopic (exact) mass is 251 g/mol. The minimum absolute atomic E-state index is 0.254. The van der Waals surface area contributed by atoms with E-state index >= 15 is 0 Å². The highest BCUT2D eigenvalue weighted by atomic mass is 32.2. The Kier molecular flexibility index (Phi) is 5.72. The van der Waals surface area contributed by atoms with Crippen LogP contribution in [0.2, 0.25) is 0 Å². The Labute approximate surface area is 107 Å². The molecule has 0 bridgehead atoms. The predicted octanol–water partition coefficient (Wildman–Crippen LogP) is 3.54. The minimum atomic E-state index is -1.12. The zero-order chi connectivity index (χ0) is 12.7. The van der Waals surface area contributed by atoms with Gasteiger partial charge in [-0.2, -0.15) is 0 Å². The molecule has 0 fully saturated rings. The second-order valence-corrected chi connectivity index (χ2v) is 6.96. The van der Waals surface area contributed by atoms with Gasteiger partial charge in [-0.3, -0.25) is 0 Å². The van der Waals surface area contributed by atoms with Gasteiger partial charge < -0.3 is 4.55 Å². The predicted molar refractivity (Wildman–Crippen MR) is 75.8 cm³/mol. The molecule has 0 aliphatic carbocycles. The van der Waals surface area contributed by atoms with Crippen LogP contribution in [0.5, 0.6) is 0 Å². The lowest BCUT2D eigenvalue weighted by molar-refractivity contribution is 0.561. The number of hydrogen-bond acceptors (Lipinski definition) is 2. The molecule has 1 aromatic rings. The van der Waals surface area contributed by atoms with Crippen LogP contribution in [0, 0.1) is 0 Å². The van der Waals surface area contributed by atoms with Crippen LogP contribution in [0.25, 0.3) is 0 Å². The first-order valence-electron chi connectivity index (χ1n) is 5.98. The van der Waals surface area contributed by atoms with Gasteiger partial charge in [0.05, 0.1) is 6.21 Å². The van der Waals surface area contributed by atoms with E-state index in [0.29, 0.717) is 0 Å². The molecule has 0 amide bonds. The van der Waals surface area contributed by atoms with E-state index < -0.39 is 11.4 Å². The fourth-order valence-corrected chi connectivity index (χ4v) is 1.88. The molecule has 1 aromatic carbocycles.